The van der Waals surface area contributed by atoms with Gasteiger partial charge in [-0.25, -0.2) is 4.39 Å². The third-order valence-corrected chi connectivity index (χ3v) is 2.92. The second-order valence-electron chi connectivity index (χ2n) is 4.21. The molecule has 1 aromatic carbocycles. The number of amides is 1. The van der Waals surface area contributed by atoms with Crippen molar-refractivity contribution in [2.24, 2.45) is 7.05 Å². The number of hydrogen-bond acceptors (Lipinski definition) is 4. The van der Waals surface area contributed by atoms with E-state index in [1.54, 1.807) is 13.2 Å². The highest BCUT2D eigenvalue weighted by Gasteiger charge is 2.13. The average molecular weight is 278 g/mol. The summed E-state index contributed by atoms with van der Waals surface area (Å²) in [6, 6.07) is 4.06. The summed E-state index contributed by atoms with van der Waals surface area (Å²) in [4.78, 5) is 11.9. The van der Waals surface area contributed by atoms with Crippen LogP contribution in [-0.2, 0) is 13.6 Å². The van der Waals surface area contributed by atoms with Crippen LogP contribution in [0.15, 0.2) is 24.4 Å². The minimum Gasteiger partial charge on any atom is -0.497 e. The number of nitrogen functional groups attached to an aromatic ring is 1. The summed E-state index contributed by atoms with van der Waals surface area (Å²) in [5.74, 6) is -0.342. The Morgan fingerprint density at radius 3 is 2.85 bits per heavy atom. The fourth-order valence-corrected chi connectivity index (χ4v) is 1.71. The highest BCUT2D eigenvalue weighted by atomic mass is 19.1. The van der Waals surface area contributed by atoms with E-state index in [0.29, 0.717) is 17.1 Å². The molecule has 20 heavy (non-hydrogen) atoms. The molecular weight excluding hydrogens is 263 g/mol. The Kier molecular flexibility index (Phi) is 3.88. The average Bonchev–Trinajstić information content (AvgIpc) is 2.76. The minimum atomic E-state index is -0.638. The van der Waals surface area contributed by atoms with Crippen molar-refractivity contribution in [1.82, 2.24) is 15.1 Å². The van der Waals surface area contributed by atoms with Gasteiger partial charge in [0, 0.05) is 25.2 Å². The second-order valence-corrected chi connectivity index (χ2v) is 4.21. The molecule has 2 aromatic rings. The van der Waals surface area contributed by atoms with Crippen molar-refractivity contribution in [2.45, 2.75) is 6.54 Å². The molecule has 106 valence electrons. The van der Waals surface area contributed by atoms with Crippen molar-refractivity contribution in [1.29, 1.82) is 0 Å². The van der Waals surface area contributed by atoms with E-state index in [2.05, 4.69) is 10.4 Å². The summed E-state index contributed by atoms with van der Waals surface area (Å²) in [5.41, 5.74) is 6.38. The van der Waals surface area contributed by atoms with E-state index in [-0.39, 0.29) is 12.1 Å². The van der Waals surface area contributed by atoms with Gasteiger partial charge in [-0.1, -0.05) is 0 Å². The maximum Gasteiger partial charge on any atom is 0.254 e. The highest BCUT2D eigenvalue weighted by Crippen LogP contribution is 2.16. The predicted molar refractivity (Wildman–Crippen MR) is 71.7 cm³/mol. The summed E-state index contributed by atoms with van der Waals surface area (Å²) in [6.07, 6.45) is 1.56. The zero-order valence-corrected chi connectivity index (χ0v) is 11.2. The molecule has 0 aliphatic heterocycles. The first-order chi connectivity index (χ1) is 9.52. The molecule has 0 fully saturated rings. The van der Waals surface area contributed by atoms with E-state index in [4.69, 9.17) is 10.5 Å². The standard InChI is InChI=1S/C13H15FN4O2/c1-18-12(15)8(7-17-18)6-16-13(19)10-4-3-9(20-2)5-11(10)14/h3-5,7H,6,15H2,1-2H3,(H,16,19). The first-order valence-corrected chi connectivity index (χ1v) is 5.91. The summed E-state index contributed by atoms with van der Waals surface area (Å²) in [6.45, 7) is 0.184. The molecule has 0 aliphatic rings. The third-order valence-electron chi connectivity index (χ3n) is 2.92. The van der Waals surface area contributed by atoms with Crippen LogP contribution in [0, 0.1) is 5.82 Å². The van der Waals surface area contributed by atoms with Gasteiger partial charge in [-0.15, -0.1) is 0 Å². The number of aromatic nitrogens is 2. The molecule has 7 heteroatoms. The van der Waals surface area contributed by atoms with Crippen LogP contribution in [0.25, 0.3) is 0 Å². The van der Waals surface area contributed by atoms with Gasteiger partial charge in [0.1, 0.15) is 17.4 Å². The Hall–Kier alpha value is -2.57. The van der Waals surface area contributed by atoms with Crippen LogP contribution in [0.5, 0.6) is 5.75 Å². The van der Waals surface area contributed by atoms with Crippen LogP contribution in [0.2, 0.25) is 0 Å². The third kappa shape index (κ3) is 2.71. The molecule has 0 saturated carbocycles. The lowest BCUT2D eigenvalue weighted by Crippen LogP contribution is -2.24. The van der Waals surface area contributed by atoms with E-state index in [1.165, 1.54) is 23.9 Å². The molecule has 0 spiro atoms. The highest BCUT2D eigenvalue weighted by molar-refractivity contribution is 5.94. The van der Waals surface area contributed by atoms with Gasteiger partial charge in [0.15, 0.2) is 0 Å². The SMILES string of the molecule is COc1ccc(C(=O)NCc2cnn(C)c2N)c(F)c1. The molecule has 0 radical (unpaired) electrons. The Balaban J connectivity index is 2.07. The summed E-state index contributed by atoms with van der Waals surface area (Å²) in [7, 11) is 3.13. The van der Waals surface area contributed by atoms with Gasteiger partial charge in [-0.05, 0) is 12.1 Å². The number of nitrogens with zero attached hydrogens (tertiary/aromatic N) is 2. The molecule has 6 nitrogen and oxygen atoms in total. The second kappa shape index (κ2) is 5.60. The largest absolute Gasteiger partial charge is 0.497 e. The molecule has 1 amide bonds. The maximum absolute atomic E-state index is 13.7. The Labute approximate surface area is 115 Å². The molecule has 0 saturated heterocycles. The number of anilines is 1. The van der Waals surface area contributed by atoms with Crippen molar-refractivity contribution in [3.63, 3.8) is 0 Å². The number of halogens is 1. The van der Waals surface area contributed by atoms with Gasteiger partial charge in [0.05, 0.1) is 18.9 Å². The number of rotatable bonds is 4. The molecular formula is C13H15FN4O2. The minimum absolute atomic E-state index is 0.0479. The van der Waals surface area contributed by atoms with Gasteiger partial charge >= 0.3 is 0 Å². The van der Waals surface area contributed by atoms with Crippen molar-refractivity contribution in [2.75, 3.05) is 12.8 Å². The van der Waals surface area contributed by atoms with Crippen LogP contribution >= 0.6 is 0 Å². The van der Waals surface area contributed by atoms with Crippen molar-refractivity contribution in [3.05, 3.63) is 41.3 Å². The molecule has 0 bridgehead atoms. The van der Waals surface area contributed by atoms with E-state index >= 15 is 0 Å². The lowest BCUT2D eigenvalue weighted by molar-refractivity contribution is 0.0947. The molecule has 1 aromatic heterocycles. The normalized spacial score (nSPS) is 10.3. The topological polar surface area (TPSA) is 82.2 Å². The number of carbonyl (C=O) groups is 1. The van der Waals surface area contributed by atoms with Crippen LogP contribution in [0.4, 0.5) is 10.2 Å². The van der Waals surface area contributed by atoms with Crippen LogP contribution in [-0.4, -0.2) is 22.8 Å². The Morgan fingerprint density at radius 1 is 1.55 bits per heavy atom. The smallest absolute Gasteiger partial charge is 0.254 e. The van der Waals surface area contributed by atoms with Crippen LogP contribution in [0.3, 0.4) is 0 Å². The lowest BCUT2D eigenvalue weighted by atomic mass is 10.2. The van der Waals surface area contributed by atoms with Crippen molar-refractivity contribution < 1.29 is 13.9 Å². The number of nitrogens with one attached hydrogen (secondary N) is 1. The summed E-state index contributed by atoms with van der Waals surface area (Å²) < 4.78 is 20.1. The van der Waals surface area contributed by atoms with Crippen molar-refractivity contribution in [3.8, 4) is 5.75 Å². The van der Waals surface area contributed by atoms with Crippen LogP contribution < -0.4 is 15.8 Å². The summed E-state index contributed by atoms with van der Waals surface area (Å²) in [5, 5.41) is 6.55. The zero-order valence-electron chi connectivity index (χ0n) is 11.2. The van der Waals surface area contributed by atoms with Gasteiger partial charge in [0.2, 0.25) is 0 Å². The molecule has 2 rings (SSSR count). The first kappa shape index (κ1) is 13.9. The van der Waals surface area contributed by atoms with E-state index in [9.17, 15) is 9.18 Å². The fraction of sp³-hybridized carbons (Fsp3) is 0.231. The van der Waals surface area contributed by atoms with Crippen molar-refractivity contribution >= 4 is 11.7 Å². The number of ether oxygens (including phenoxy) is 1. The molecule has 1 heterocycles. The zero-order chi connectivity index (χ0) is 14.7. The van der Waals surface area contributed by atoms with Gasteiger partial charge < -0.3 is 15.8 Å². The molecule has 0 unspecified atom stereocenters. The quantitative estimate of drug-likeness (QED) is 0.876. The Bertz CT molecular complexity index is 639. The van der Waals surface area contributed by atoms with E-state index in [1.807, 2.05) is 0 Å². The molecule has 0 aliphatic carbocycles. The van der Waals surface area contributed by atoms with Gasteiger partial charge in [0.25, 0.3) is 5.91 Å². The number of hydrogen-bond donors (Lipinski definition) is 2. The Morgan fingerprint density at radius 2 is 2.30 bits per heavy atom. The number of nitrogens with two attached hydrogens (primary N) is 1. The number of aryl methyl sites for hydroxylation is 1. The number of methoxy groups -OCH3 is 1. The molecule has 3 N–H and O–H groups in total. The number of benzene rings is 1. The fourth-order valence-electron chi connectivity index (χ4n) is 1.71. The van der Waals surface area contributed by atoms with Crippen LogP contribution in [0.1, 0.15) is 15.9 Å². The molecule has 0 atom stereocenters. The van der Waals surface area contributed by atoms with Gasteiger partial charge in [-0.2, -0.15) is 5.10 Å². The van der Waals surface area contributed by atoms with E-state index < -0.39 is 11.7 Å². The summed E-state index contributed by atoms with van der Waals surface area (Å²) >= 11 is 0. The maximum atomic E-state index is 13.7. The first-order valence-electron chi connectivity index (χ1n) is 5.91. The number of carbonyl (C=O) groups excluding carboxylic acids is 1. The predicted octanol–water partition coefficient (Wildman–Crippen LogP) is 1.08. The van der Waals surface area contributed by atoms with Gasteiger partial charge in [-0.3, -0.25) is 9.48 Å². The lowest BCUT2D eigenvalue weighted by Gasteiger charge is -2.07. The monoisotopic (exact) mass is 278 g/mol. The van der Waals surface area contributed by atoms with E-state index in [0.717, 1.165) is 6.07 Å².